The molecule has 1 aromatic heterocycles. The summed E-state index contributed by atoms with van der Waals surface area (Å²) >= 11 is 3.39. The lowest BCUT2D eigenvalue weighted by atomic mass is 10.1. The molecule has 1 amide bonds. The predicted octanol–water partition coefficient (Wildman–Crippen LogP) is 4.79. The SMILES string of the molecule is C=CCc1cc(C=NNC(=O)c2cc3cc(Br)ccc3o2)cc(OCC)c1O. The Labute approximate surface area is 170 Å². The molecule has 1 heterocycles. The number of hydrogen-bond acceptors (Lipinski definition) is 5. The second-order valence-electron chi connectivity index (χ2n) is 5.94. The summed E-state index contributed by atoms with van der Waals surface area (Å²) in [4.78, 5) is 12.3. The van der Waals surface area contributed by atoms with Gasteiger partial charge in [-0.2, -0.15) is 5.10 Å². The lowest BCUT2D eigenvalue weighted by Crippen LogP contribution is -2.16. The van der Waals surface area contributed by atoms with Crippen LogP contribution in [0.1, 0.15) is 28.6 Å². The zero-order valence-corrected chi connectivity index (χ0v) is 16.8. The number of hydrazone groups is 1. The third-order valence-electron chi connectivity index (χ3n) is 3.92. The van der Waals surface area contributed by atoms with Gasteiger partial charge in [0.1, 0.15) is 5.58 Å². The first kappa shape index (κ1) is 19.7. The van der Waals surface area contributed by atoms with Gasteiger partial charge in [-0.3, -0.25) is 4.79 Å². The van der Waals surface area contributed by atoms with Gasteiger partial charge in [-0.1, -0.05) is 22.0 Å². The summed E-state index contributed by atoms with van der Waals surface area (Å²) in [5.74, 6) is 0.144. The molecule has 28 heavy (non-hydrogen) atoms. The number of furan rings is 1. The molecule has 0 spiro atoms. The Morgan fingerprint density at radius 3 is 2.93 bits per heavy atom. The van der Waals surface area contributed by atoms with Crippen LogP contribution >= 0.6 is 15.9 Å². The highest BCUT2D eigenvalue weighted by atomic mass is 79.9. The Morgan fingerprint density at radius 2 is 2.18 bits per heavy atom. The van der Waals surface area contributed by atoms with E-state index in [9.17, 15) is 9.90 Å². The third kappa shape index (κ3) is 4.43. The van der Waals surface area contributed by atoms with Gasteiger partial charge in [0, 0.05) is 15.4 Å². The zero-order valence-electron chi connectivity index (χ0n) is 15.2. The van der Waals surface area contributed by atoms with Crippen molar-refractivity contribution in [3.05, 3.63) is 70.4 Å². The number of fused-ring (bicyclic) bond motifs is 1. The summed E-state index contributed by atoms with van der Waals surface area (Å²) in [5, 5.41) is 15.0. The van der Waals surface area contributed by atoms with E-state index in [4.69, 9.17) is 9.15 Å². The van der Waals surface area contributed by atoms with Gasteiger partial charge < -0.3 is 14.3 Å². The Balaban J connectivity index is 1.77. The quantitative estimate of drug-likeness (QED) is 0.312. The highest BCUT2D eigenvalue weighted by Gasteiger charge is 2.12. The number of phenolic OH excluding ortho intramolecular Hbond substituents is 1. The van der Waals surface area contributed by atoms with Crippen molar-refractivity contribution in [3.63, 3.8) is 0 Å². The van der Waals surface area contributed by atoms with Gasteiger partial charge >= 0.3 is 5.91 Å². The molecular weight excluding hydrogens is 424 g/mol. The van der Waals surface area contributed by atoms with Crippen LogP contribution in [0.25, 0.3) is 11.0 Å². The van der Waals surface area contributed by atoms with Gasteiger partial charge in [-0.15, -0.1) is 6.58 Å². The fraction of sp³-hybridized carbons (Fsp3) is 0.143. The van der Waals surface area contributed by atoms with Gasteiger partial charge in [-0.05, 0) is 55.3 Å². The number of hydrogen-bond donors (Lipinski definition) is 2. The minimum Gasteiger partial charge on any atom is -0.504 e. The summed E-state index contributed by atoms with van der Waals surface area (Å²) in [6, 6.07) is 10.6. The van der Waals surface area contributed by atoms with Crippen LogP contribution in [0.2, 0.25) is 0 Å². The van der Waals surface area contributed by atoms with Crippen LogP contribution in [0.3, 0.4) is 0 Å². The number of ether oxygens (including phenoxy) is 1. The molecule has 0 aliphatic carbocycles. The number of amides is 1. The second-order valence-corrected chi connectivity index (χ2v) is 6.86. The monoisotopic (exact) mass is 442 g/mol. The molecule has 7 heteroatoms. The molecule has 144 valence electrons. The second kappa shape index (κ2) is 8.75. The van der Waals surface area contributed by atoms with Crippen molar-refractivity contribution in [2.24, 2.45) is 5.10 Å². The number of carbonyl (C=O) groups excluding carboxylic acids is 1. The Morgan fingerprint density at radius 1 is 1.36 bits per heavy atom. The molecule has 2 N–H and O–H groups in total. The van der Waals surface area contributed by atoms with Gasteiger partial charge in [0.25, 0.3) is 0 Å². The Hall–Kier alpha value is -3.06. The normalized spacial score (nSPS) is 11.1. The van der Waals surface area contributed by atoms with E-state index < -0.39 is 5.91 Å². The summed E-state index contributed by atoms with van der Waals surface area (Å²) < 4.78 is 11.9. The molecule has 0 unspecified atom stereocenters. The fourth-order valence-electron chi connectivity index (χ4n) is 2.69. The van der Waals surface area contributed by atoms with E-state index in [-0.39, 0.29) is 11.5 Å². The molecule has 0 saturated carbocycles. The molecule has 3 aromatic rings. The Kier molecular flexibility index (Phi) is 6.16. The van der Waals surface area contributed by atoms with Gasteiger partial charge in [0.05, 0.1) is 12.8 Å². The number of phenols is 1. The first-order valence-corrected chi connectivity index (χ1v) is 9.43. The first-order chi connectivity index (χ1) is 13.5. The van der Waals surface area contributed by atoms with E-state index in [1.807, 2.05) is 19.1 Å². The van der Waals surface area contributed by atoms with Crippen LogP contribution in [0.5, 0.6) is 11.5 Å². The van der Waals surface area contributed by atoms with Crippen LogP contribution < -0.4 is 10.2 Å². The van der Waals surface area contributed by atoms with Crippen molar-refractivity contribution in [1.29, 1.82) is 0 Å². The lowest BCUT2D eigenvalue weighted by molar-refractivity contribution is 0.0929. The molecular formula is C21H19BrN2O4. The smallest absolute Gasteiger partial charge is 0.307 e. The molecule has 0 atom stereocenters. The zero-order chi connectivity index (χ0) is 20.1. The molecule has 0 radical (unpaired) electrons. The first-order valence-electron chi connectivity index (χ1n) is 8.64. The maximum Gasteiger partial charge on any atom is 0.307 e. The summed E-state index contributed by atoms with van der Waals surface area (Å²) in [6.45, 7) is 5.94. The maximum absolute atomic E-state index is 12.3. The third-order valence-corrected chi connectivity index (χ3v) is 4.42. The van der Waals surface area contributed by atoms with Gasteiger partial charge in [0.2, 0.25) is 0 Å². The number of aromatic hydroxyl groups is 1. The van der Waals surface area contributed by atoms with Gasteiger partial charge in [-0.25, -0.2) is 5.43 Å². The number of halogens is 1. The fourth-order valence-corrected chi connectivity index (χ4v) is 3.07. The molecule has 0 fully saturated rings. The van der Waals surface area contributed by atoms with Crippen LogP contribution in [-0.2, 0) is 6.42 Å². The molecule has 0 saturated heterocycles. The standard InChI is InChI=1S/C21H19BrN2O4/c1-3-5-14-8-13(9-18(20(14)25)27-4-2)12-23-24-21(26)19-11-15-10-16(22)6-7-17(15)28-19/h3,6-12,25H,1,4-5H2,2H3,(H,24,26). The van der Waals surface area contributed by atoms with Crippen molar-refractivity contribution in [1.82, 2.24) is 5.43 Å². The van der Waals surface area contributed by atoms with E-state index in [1.54, 1.807) is 30.3 Å². The van der Waals surface area contributed by atoms with Crippen LogP contribution in [0, 0.1) is 0 Å². The minimum atomic E-state index is -0.460. The average Bonchev–Trinajstić information content (AvgIpc) is 3.09. The number of benzene rings is 2. The van der Waals surface area contributed by atoms with Crippen molar-refractivity contribution < 1.29 is 19.1 Å². The highest BCUT2D eigenvalue weighted by Crippen LogP contribution is 2.32. The van der Waals surface area contributed by atoms with E-state index >= 15 is 0 Å². The molecule has 0 aliphatic rings. The van der Waals surface area contributed by atoms with Crippen molar-refractivity contribution in [3.8, 4) is 11.5 Å². The summed E-state index contributed by atoms with van der Waals surface area (Å²) in [6.07, 6.45) is 3.65. The molecule has 3 rings (SSSR count). The molecule has 6 nitrogen and oxygen atoms in total. The summed E-state index contributed by atoms with van der Waals surface area (Å²) in [5.41, 5.74) is 4.40. The lowest BCUT2D eigenvalue weighted by Gasteiger charge is -2.10. The number of carbonyl (C=O) groups is 1. The van der Waals surface area contributed by atoms with Crippen LogP contribution in [-0.4, -0.2) is 23.8 Å². The van der Waals surface area contributed by atoms with E-state index in [1.165, 1.54) is 6.21 Å². The Bertz CT molecular complexity index is 1060. The summed E-state index contributed by atoms with van der Waals surface area (Å²) in [7, 11) is 0. The number of allylic oxidation sites excluding steroid dienone is 1. The molecule has 0 bridgehead atoms. The predicted molar refractivity (Wildman–Crippen MR) is 112 cm³/mol. The van der Waals surface area contributed by atoms with Crippen LogP contribution in [0.4, 0.5) is 0 Å². The van der Waals surface area contributed by atoms with E-state index in [2.05, 4.69) is 33.0 Å². The average molecular weight is 443 g/mol. The van der Waals surface area contributed by atoms with Crippen molar-refractivity contribution in [2.75, 3.05) is 6.61 Å². The largest absolute Gasteiger partial charge is 0.504 e. The number of nitrogens with zero attached hydrogens (tertiary/aromatic N) is 1. The van der Waals surface area contributed by atoms with Gasteiger partial charge in [0.15, 0.2) is 17.3 Å². The number of nitrogens with one attached hydrogen (secondary N) is 1. The van der Waals surface area contributed by atoms with Crippen LogP contribution in [0.15, 0.2) is 63.0 Å². The highest BCUT2D eigenvalue weighted by molar-refractivity contribution is 9.10. The number of rotatable bonds is 7. The van der Waals surface area contributed by atoms with E-state index in [0.717, 1.165) is 9.86 Å². The maximum atomic E-state index is 12.3. The topological polar surface area (TPSA) is 84.1 Å². The molecule has 2 aromatic carbocycles. The minimum absolute atomic E-state index is 0.0800. The van der Waals surface area contributed by atoms with Crippen molar-refractivity contribution in [2.45, 2.75) is 13.3 Å². The molecule has 0 aliphatic heterocycles. The van der Waals surface area contributed by atoms with Crippen molar-refractivity contribution >= 4 is 39.0 Å². The van der Waals surface area contributed by atoms with E-state index in [0.29, 0.717) is 35.5 Å².